The summed E-state index contributed by atoms with van der Waals surface area (Å²) in [6.07, 6.45) is 0.557. The smallest absolute Gasteiger partial charge is 0.166 e. The highest BCUT2D eigenvalue weighted by Gasteiger charge is 2.14. The van der Waals surface area contributed by atoms with Crippen LogP contribution in [-0.2, 0) is 6.42 Å². The maximum Gasteiger partial charge on any atom is 0.166 e. The first-order chi connectivity index (χ1) is 9.47. The second kappa shape index (κ2) is 6.57. The molecule has 0 saturated carbocycles. The van der Waals surface area contributed by atoms with Gasteiger partial charge in [0.25, 0.3) is 0 Å². The molecule has 104 valence electrons. The van der Waals surface area contributed by atoms with Gasteiger partial charge in [0.1, 0.15) is 5.82 Å². The van der Waals surface area contributed by atoms with Crippen LogP contribution >= 0.6 is 34.8 Å². The Balaban J connectivity index is 2.13. The summed E-state index contributed by atoms with van der Waals surface area (Å²) in [6.45, 7) is 0. The molecule has 0 aliphatic rings. The van der Waals surface area contributed by atoms with Crippen LogP contribution in [0.1, 0.15) is 22.3 Å². The van der Waals surface area contributed by atoms with E-state index in [0.29, 0.717) is 32.6 Å². The molecule has 0 unspecified atom stereocenters. The molecule has 0 fully saturated rings. The fourth-order valence-corrected chi connectivity index (χ4v) is 2.75. The first-order valence-electron chi connectivity index (χ1n) is 5.89. The SMILES string of the molecule is O=C(CCc1cc(F)cc(Cl)c1)c1c(Cl)cccc1Cl. The van der Waals surface area contributed by atoms with E-state index in [9.17, 15) is 9.18 Å². The zero-order valence-corrected chi connectivity index (χ0v) is 12.6. The van der Waals surface area contributed by atoms with Crippen LogP contribution in [0.3, 0.4) is 0 Å². The summed E-state index contributed by atoms with van der Waals surface area (Å²) in [6, 6.07) is 9.10. The molecule has 0 bridgehead atoms. The summed E-state index contributed by atoms with van der Waals surface area (Å²) in [7, 11) is 0. The molecule has 1 nitrogen and oxygen atoms in total. The third-order valence-corrected chi connectivity index (χ3v) is 3.65. The first-order valence-corrected chi connectivity index (χ1v) is 7.03. The molecule has 2 aromatic carbocycles. The van der Waals surface area contributed by atoms with Gasteiger partial charge < -0.3 is 0 Å². The zero-order chi connectivity index (χ0) is 14.7. The topological polar surface area (TPSA) is 17.1 Å². The molecule has 0 aromatic heterocycles. The van der Waals surface area contributed by atoms with Crippen molar-refractivity contribution < 1.29 is 9.18 Å². The summed E-state index contributed by atoms with van der Waals surface area (Å²) in [5.41, 5.74) is 0.963. The minimum Gasteiger partial charge on any atom is -0.294 e. The number of Topliss-reactive ketones (excluding diaryl/α,β-unsaturated/α-hetero) is 1. The van der Waals surface area contributed by atoms with Crippen LogP contribution in [0.25, 0.3) is 0 Å². The van der Waals surface area contributed by atoms with E-state index in [0.717, 1.165) is 0 Å². The van der Waals surface area contributed by atoms with Crippen LogP contribution in [0.4, 0.5) is 4.39 Å². The lowest BCUT2D eigenvalue weighted by atomic mass is 10.0. The Morgan fingerprint density at radius 2 is 1.70 bits per heavy atom. The molecule has 0 heterocycles. The molecule has 0 radical (unpaired) electrons. The molecule has 0 atom stereocenters. The second-order valence-electron chi connectivity index (χ2n) is 4.30. The van der Waals surface area contributed by atoms with Gasteiger partial charge in [-0.25, -0.2) is 4.39 Å². The number of aryl methyl sites for hydroxylation is 1. The largest absolute Gasteiger partial charge is 0.294 e. The average Bonchev–Trinajstić information content (AvgIpc) is 2.35. The highest BCUT2D eigenvalue weighted by atomic mass is 35.5. The Bertz CT molecular complexity index is 615. The summed E-state index contributed by atoms with van der Waals surface area (Å²) in [4.78, 5) is 12.1. The number of carbonyl (C=O) groups excluding carboxylic acids is 1. The summed E-state index contributed by atoms with van der Waals surface area (Å²) >= 11 is 17.7. The predicted octanol–water partition coefficient (Wildman–Crippen LogP) is 5.60. The molecule has 0 N–H and O–H groups in total. The van der Waals surface area contributed by atoms with Gasteiger partial charge in [-0.15, -0.1) is 0 Å². The lowest BCUT2D eigenvalue weighted by molar-refractivity contribution is 0.0983. The number of ketones is 1. The Hall–Kier alpha value is -1.09. The van der Waals surface area contributed by atoms with Gasteiger partial charge in [0.2, 0.25) is 0 Å². The van der Waals surface area contributed by atoms with Crippen molar-refractivity contribution in [3.05, 3.63) is 68.4 Å². The van der Waals surface area contributed by atoms with E-state index in [1.165, 1.54) is 12.1 Å². The van der Waals surface area contributed by atoms with E-state index >= 15 is 0 Å². The zero-order valence-electron chi connectivity index (χ0n) is 10.3. The maximum atomic E-state index is 13.2. The van der Waals surface area contributed by atoms with E-state index in [1.54, 1.807) is 24.3 Å². The van der Waals surface area contributed by atoms with Crippen LogP contribution in [0.2, 0.25) is 15.1 Å². The number of benzene rings is 2. The number of carbonyl (C=O) groups is 1. The minimum absolute atomic E-state index is 0.180. The summed E-state index contributed by atoms with van der Waals surface area (Å²) < 4.78 is 13.2. The molecule has 20 heavy (non-hydrogen) atoms. The van der Waals surface area contributed by atoms with Crippen molar-refractivity contribution in [3.63, 3.8) is 0 Å². The van der Waals surface area contributed by atoms with Crippen LogP contribution in [-0.4, -0.2) is 5.78 Å². The van der Waals surface area contributed by atoms with Gasteiger partial charge in [0, 0.05) is 11.4 Å². The molecule has 0 saturated heterocycles. The highest BCUT2D eigenvalue weighted by Crippen LogP contribution is 2.26. The van der Waals surface area contributed by atoms with E-state index in [-0.39, 0.29) is 12.2 Å². The normalized spacial score (nSPS) is 10.6. The van der Waals surface area contributed by atoms with Crippen molar-refractivity contribution >= 4 is 40.6 Å². The lowest BCUT2D eigenvalue weighted by Gasteiger charge is -2.06. The fraction of sp³-hybridized carbons (Fsp3) is 0.133. The van der Waals surface area contributed by atoms with Crippen molar-refractivity contribution in [2.24, 2.45) is 0 Å². The van der Waals surface area contributed by atoms with Crippen molar-refractivity contribution in [2.75, 3.05) is 0 Å². The van der Waals surface area contributed by atoms with Crippen molar-refractivity contribution in [2.45, 2.75) is 12.8 Å². The molecule has 0 aliphatic heterocycles. The second-order valence-corrected chi connectivity index (χ2v) is 5.55. The minimum atomic E-state index is -0.421. The molecule has 0 amide bonds. The van der Waals surface area contributed by atoms with Gasteiger partial charge in [-0.1, -0.05) is 40.9 Å². The molecule has 0 aliphatic carbocycles. The van der Waals surface area contributed by atoms with Gasteiger partial charge in [-0.05, 0) is 42.3 Å². The first kappa shape index (κ1) is 15.3. The van der Waals surface area contributed by atoms with E-state index in [1.807, 2.05) is 0 Å². The van der Waals surface area contributed by atoms with E-state index < -0.39 is 5.82 Å². The van der Waals surface area contributed by atoms with Crippen LogP contribution in [0, 0.1) is 5.82 Å². The lowest BCUT2D eigenvalue weighted by Crippen LogP contribution is -2.03. The van der Waals surface area contributed by atoms with Crippen LogP contribution < -0.4 is 0 Å². The van der Waals surface area contributed by atoms with Gasteiger partial charge in [0.05, 0.1) is 15.6 Å². The van der Waals surface area contributed by atoms with Crippen LogP contribution in [0.5, 0.6) is 0 Å². The van der Waals surface area contributed by atoms with E-state index in [2.05, 4.69) is 0 Å². The monoisotopic (exact) mass is 330 g/mol. The van der Waals surface area contributed by atoms with Gasteiger partial charge >= 0.3 is 0 Å². The Morgan fingerprint density at radius 3 is 2.30 bits per heavy atom. The maximum absolute atomic E-state index is 13.2. The number of hydrogen-bond donors (Lipinski definition) is 0. The third-order valence-electron chi connectivity index (χ3n) is 2.80. The highest BCUT2D eigenvalue weighted by molar-refractivity contribution is 6.39. The quantitative estimate of drug-likeness (QED) is 0.666. The van der Waals surface area contributed by atoms with Crippen LogP contribution in [0.15, 0.2) is 36.4 Å². The Kier molecular flexibility index (Phi) is 5.03. The summed E-state index contributed by atoms with van der Waals surface area (Å²) in [5, 5.41) is 0.947. The Morgan fingerprint density at radius 1 is 1.05 bits per heavy atom. The van der Waals surface area contributed by atoms with E-state index in [4.69, 9.17) is 34.8 Å². The summed E-state index contributed by atoms with van der Waals surface area (Å²) in [5.74, 6) is -0.600. The number of halogens is 4. The molecular formula is C15H10Cl3FO. The van der Waals surface area contributed by atoms with Crippen molar-refractivity contribution in [3.8, 4) is 0 Å². The third kappa shape index (κ3) is 3.72. The average molecular weight is 332 g/mol. The standard InChI is InChI=1S/C15H10Cl3FO/c16-10-6-9(7-11(19)8-10)4-5-14(20)15-12(17)2-1-3-13(15)18/h1-3,6-8H,4-5H2. The molecule has 2 rings (SSSR count). The predicted molar refractivity (Wildman–Crippen MR) is 80.5 cm³/mol. The van der Waals surface area contributed by atoms with Gasteiger partial charge in [0.15, 0.2) is 5.78 Å². The Labute approximate surface area is 131 Å². The van der Waals surface area contributed by atoms with Gasteiger partial charge in [-0.3, -0.25) is 4.79 Å². The van der Waals surface area contributed by atoms with Crippen molar-refractivity contribution in [1.82, 2.24) is 0 Å². The molecule has 2 aromatic rings. The number of rotatable bonds is 4. The molecular weight excluding hydrogens is 322 g/mol. The number of hydrogen-bond acceptors (Lipinski definition) is 1. The van der Waals surface area contributed by atoms with Crippen molar-refractivity contribution in [1.29, 1.82) is 0 Å². The fourth-order valence-electron chi connectivity index (χ4n) is 1.90. The van der Waals surface area contributed by atoms with Gasteiger partial charge in [-0.2, -0.15) is 0 Å². The molecule has 5 heteroatoms. The molecule has 0 spiro atoms.